The largest absolute Gasteiger partial charge is 0.481 e. The summed E-state index contributed by atoms with van der Waals surface area (Å²) in [4.78, 5) is 10.5. The second-order valence-electron chi connectivity index (χ2n) is 4.48. The van der Waals surface area contributed by atoms with Crippen LogP contribution in [-0.2, 0) is 0 Å². The Balaban J connectivity index is 2.19. The number of nitrogen functional groups attached to an aromatic ring is 1. The summed E-state index contributed by atoms with van der Waals surface area (Å²) in [5.41, 5.74) is 5.68. The number of hydrogen-bond donors (Lipinski definition) is 2. The number of nitrogens with zero attached hydrogens (tertiary/aromatic N) is 3. The fraction of sp³-hybridized carbons (Fsp3) is 0.667. The number of aromatic nitrogens is 2. The lowest BCUT2D eigenvalue weighted by Gasteiger charge is -2.38. The van der Waals surface area contributed by atoms with E-state index in [9.17, 15) is 0 Å². The average Bonchev–Trinajstić information content (AvgIpc) is 2.31. The van der Waals surface area contributed by atoms with Gasteiger partial charge in [-0.25, -0.2) is 0 Å². The topological polar surface area (TPSA) is 84.5 Å². The van der Waals surface area contributed by atoms with Crippen LogP contribution in [0.15, 0.2) is 6.07 Å². The third kappa shape index (κ3) is 2.81. The van der Waals surface area contributed by atoms with Crippen LogP contribution in [0.5, 0.6) is 5.88 Å². The average molecular weight is 252 g/mol. The minimum atomic E-state index is 0.181. The minimum Gasteiger partial charge on any atom is -0.481 e. The fourth-order valence-corrected chi connectivity index (χ4v) is 2.11. The summed E-state index contributed by atoms with van der Waals surface area (Å²) in [5.74, 6) is 1.49. The van der Waals surface area contributed by atoms with Crippen LogP contribution in [0, 0.1) is 0 Å². The summed E-state index contributed by atoms with van der Waals surface area (Å²) < 4.78 is 5.11. The highest BCUT2D eigenvalue weighted by molar-refractivity contribution is 5.46. The van der Waals surface area contributed by atoms with Crippen molar-refractivity contribution < 1.29 is 9.84 Å². The van der Waals surface area contributed by atoms with Gasteiger partial charge in [0.05, 0.1) is 7.11 Å². The van der Waals surface area contributed by atoms with E-state index >= 15 is 0 Å². The standard InChI is InChI=1S/C12H20N4O2/c1-18-11-8-10(14-12(13)15-11)16(6-3-7-17)9-4-2-5-9/h8-9,17H,2-7H2,1H3,(H2,13,14,15). The molecule has 0 unspecified atom stereocenters. The fourth-order valence-electron chi connectivity index (χ4n) is 2.11. The van der Waals surface area contributed by atoms with Crippen molar-refractivity contribution in [3.63, 3.8) is 0 Å². The molecule has 0 radical (unpaired) electrons. The van der Waals surface area contributed by atoms with Crippen LogP contribution in [0.4, 0.5) is 11.8 Å². The first-order chi connectivity index (χ1) is 8.74. The van der Waals surface area contributed by atoms with Gasteiger partial charge in [0, 0.05) is 25.3 Å². The van der Waals surface area contributed by atoms with Gasteiger partial charge in [-0.1, -0.05) is 0 Å². The van der Waals surface area contributed by atoms with Crippen molar-refractivity contribution >= 4 is 11.8 Å². The van der Waals surface area contributed by atoms with E-state index in [2.05, 4.69) is 14.9 Å². The van der Waals surface area contributed by atoms with Crippen LogP contribution >= 0.6 is 0 Å². The molecule has 0 aliphatic heterocycles. The number of aliphatic hydroxyl groups excluding tert-OH is 1. The van der Waals surface area contributed by atoms with E-state index < -0.39 is 0 Å². The van der Waals surface area contributed by atoms with Crippen molar-refractivity contribution in [2.24, 2.45) is 0 Å². The zero-order valence-electron chi connectivity index (χ0n) is 10.7. The molecule has 1 saturated carbocycles. The molecular formula is C12H20N4O2. The Labute approximate surface area is 107 Å². The van der Waals surface area contributed by atoms with Crippen molar-refractivity contribution in [3.8, 4) is 5.88 Å². The molecule has 1 heterocycles. The van der Waals surface area contributed by atoms with Gasteiger partial charge < -0.3 is 20.5 Å². The Bertz CT molecular complexity index is 396. The predicted molar refractivity (Wildman–Crippen MR) is 69.7 cm³/mol. The molecule has 0 saturated heterocycles. The highest BCUT2D eigenvalue weighted by atomic mass is 16.5. The molecule has 3 N–H and O–H groups in total. The first kappa shape index (κ1) is 12.9. The van der Waals surface area contributed by atoms with Crippen molar-refractivity contribution in [3.05, 3.63) is 6.07 Å². The van der Waals surface area contributed by atoms with Gasteiger partial charge in [0.15, 0.2) is 0 Å². The Kier molecular flexibility index (Phi) is 4.19. The molecule has 0 bridgehead atoms. The Morgan fingerprint density at radius 3 is 2.83 bits per heavy atom. The van der Waals surface area contributed by atoms with E-state index in [4.69, 9.17) is 15.6 Å². The lowest BCUT2D eigenvalue weighted by atomic mass is 9.91. The molecule has 1 aliphatic carbocycles. The van der Waals surface area contributed by atoms with Gasteiger partial charge in [-0.15, -0.1) is 0 Å². The molecule has 1 aromatic heterocycles. The van der Waals surface area contributed by atoms with Crippen LogP contribution in [0.25, 0.3) is 0 Å². The Morgan fingerprint density at radius 2 is 2.28 bits per heavy atom. The molecular weight excluding hydrogens is 232 g/mol. The van der Waals surface area contributed by atoms with E-state index in [-0.39, 0.29) is 12.6 Å². The quantitative estimate of drug-likeness (QED) is 0.779. The maximum absolute atomic E-state index is 8.98. The highest BCUT2D eigenvalue weighted by Crippen LogP contribution is 2.30. The molecule has 6 heteroatoms. The minimum absolute atomic E-state index is 0.181. The highest BCUT2D eigenvalue weighted by Gasteiger charge is 2.26. The summed E-state index contributed by atoms with van der Waals surface area (Å²) in [7, 11) is 1.56. The van der Waals surface area contributed by atoms with Crippen LogP contribution in [0.3, 0.4) is 0 Å². The van der Waals surface area contributed by atoms with Crippen LogP contribution in [0.2, 0.25) is 0 Å². The molecule has 1 aromatic rings. The third-order valence-corrected chi connectivity index (χ3v) is 3.28. The van der Waals surface area contributed by atoms with E-state index in [1.54, 1.807) is 13.2 Å². The van der Waals surface area contributed by atoms with Crippen LogP contribution in [-0.4, -0.2) is 41.4 Å². The molecule has 18 heavy (non-hydrogen) atoms. The number of methoxy groups -OCH3 is 1. The second-order valence-corrected chi connectivity index (χ2v) is 4.48. The third-order valence-electron chi connectivity index (χ3n) is 3.28. The van der Waals surface area contributed by atoms with Gasteiger partial charge in [-0.05, 0) is 25.7 Å². The van der Waals surface area contributed by atoms with Crippen molar-refractivity contribution in [1.82, 2.24) is 9.97 Å². The second kappa shape index (κ2) is 5.86. The van der Waals surface area contributed by atoms with Crippen LogP contribution < -0.4 is 15.4 Å². The zero-order valence-corrected chi connectivity index (χ0v) is 10.7. The predicted octanol–water partition coefficient (Wildman–Crippen LogP) is 0.809. The number of ether oxygens (including phenoxy) is 1. The number of aliphatic hydroxyl groups is 1. The van der Waals surface area contributed by atoms with Gasteiger partial charge in [0.2, 0.25) is 11.8 Å². The van der Waals surface area contributed by atoms with Gasteiger partial charge in [0.25, 0.3) is 0 Å². The first-order valence-corrected chi connectivity index (χ1v) is 6.30. The van der Waals surface area contributed by atoms with Crippen LogP contribution in [0.1, 0.15) is 25.7 Å². The molecule has 0 atom stereocenters. The van der Waals surface area contributed by atoms with Crippen molar-refractivity contribution in [2.75, 3.05) is 30.9 Å². The lowest BCUT2D eigenvalue weighted by Crippen LogP contribution is -2.41. The first-order valence-electron chi connectivity index (χ1n) is 6.30. The monoisotopic (exact) mass is 252 g/mol. The van der Waals surface area contributed by atoms with E-state index in [1.165, 1.54) is 6.42 Å². The summed E-state index contributed by atoms with van der Waals surface area (Å²) in [5, 5.41) is 8.98. The van der Waals surface area contributed by atoms with Crippen molar-refractivity contribution in [1.29, 1.82) is 0 Å². The zero-order chi connectivity index (χ0) is 13.0. The Hall–Kier alpha value is -1.56. The number of hydrogen-bond acceptors (Lipinski definition) is 6. The SMILES string of the molecule is COc1cc(N(CCCO)C2CCC2)nc(N)n1. The molecule has 6 nitrogen and oxygen atoms in total. The molecule has 1 aliphatic rings. The van der Waals surface area contributed by atoms with Gasteiger partial charge in [0.1, 0.15) is 5.82 Å². The number of nitrogens with two attached hydrogens (primary N) is 1. The molecule has 2 rings (SSSR count). The lowest BCUT2D eigenvalue weighted by molar-refractivity contribution is 0.282. The molecule has 0 amide bonds. The van der Waals surface area contributed by atoms with E-state index in [1.807, 2.05) is 0 Å². The summed E-state index contributed by atoms with van der Waals surface area (Å²) in [6.07, 6.45) is 4.30. The summed E-state index contributed by atoms with van der Waals surface area (Å²) >= 11 is 0. The maximum Gasteiger partial charge on any atom is 0.225 e. The molecule has 1 fully saturated rings. The maximum atomic E-state index is 8.98. The summed E-state index contributed by atoms with van der Waals surface area (Å²) in [6, 6.07) is 2.29. The van der Waals surface area contributed by atoms with E-state index in [0.717, 1.165) is 31.6 Å². The van der Waals surface area contributed by atoms with Gasteiger partial charge >= 0.3 is 0 Å². The number of anilines is 2. The molecule has 100 valence electrons. The van der Waals surface area contributed by atoms with Gasteiger partial charge in [-0.3, -0.25) is 0 Å². The normalized spacial score (nSPS) is 15.2. The summed E-state index contributed by atoms with van der Waals surface area (Å²) in [6.45, 7) is 0.960. The molecule has 0 spiro atoms. The van der Waals surface area contributed by atoms with E-state index in [0.29, 0.717) is 11.9 Å². The number of rotatable bonds is 6. The Morgan fingerprint density at radius 1 is 1.50 bits per heavy atom. The smallest absolute Gasteiger partial charge is 0.225 e. The molecule has 0 aromatic carbocycles. The van der Waals surface area contributed by atoms with Crippen molar-refractivity contribution in [2.45, 2.75) is 31.7 Å². The van der Waals surface area contributed by atoms with Gasteiger partial charge in [-0.2, -0.15) is 9.97 Å².